The molecular formula is CAuKNS+3. The van der Waals surface area contributed by atoms with Crippen molar-refractivity contribution in [2.45, 2.75) is 0 Å². The SMILES string of the molecule is N#C[S-].[Au+3].[K+]. The van der Waals surface area contributed by atoms with E-state index in [4.69, 9.17) is 5.26 Å². The molecule has 0 radical (unpaired) electrons. The Morgan fingerprint density at radius 1 is 1.60 bits per heavy atom. The molecule has 0 bridgehead atoms. The first-order chi connectivity index (χ1) is 1.41. The van der Waals surface area contributed by atoms with Crippen LogP contribution in [0.25, 0.3) is 0 Å². The van der Waals surface area contributed by atoms with Gasteiger partial charge in [0.05, 0.1) is 0 Å². The number of hydrogen-bond acceptors (Lipinski definition) is 2. The summed E-state index contributed by atoms with van der Waals surface area (Å²) in [5.74, 6) is 0. The Morgan fingerprint density at radius 2 is 1.60 bits per heavy atom. The molecule has 24 valence electrons. The van der Waals surface area contributed by atoms with Crippen molar-refractivity contribution in [1.29, 1.82) is 5.26 Å². The Kier molecular flexibility index (Phi) is 52.0. The minimum absolute atomic E-state index is 0. The summed E-state index contributed by atoms with van der Waals surface area (Å²) in [4.78, 5) is 0. The fourth-order valence-corrected chi connectivity index (χ4v) is 0. The molecule has 0 N–H and O–H groups in total. The van der Waals surface area contributed by atoms with Crippen LogP contribution in [0.4, 0.5) is 0 Å². The summed E-state index contributed by atoms with van der Waals surface area (Å²) in [6.45, 7) is 0. The summed E-state index contributed by atoms with van der Waals surface area (Å²) < 4.78 is 0. The molecule has 0 saturated carbocycles. The molecule has 0 aromatic rings. The van der Waals surface area contributed by atoms with Crippen molar-refractivity contribution in [3.8, 4) is 5.40 Å². The Balaban J connectivity index is -0.0000000200. The second-order valence-corrected chi connectivity index (χ2v) is 0.274. The molecular weight excluding hydrogens is 294 g/mol. The number of nitrogens with zero attached hydrogens (tertiary/aromatic N) is 1. The molecule has 0 saturated heterocycles. The first-order valence-electron chi connectivity index (χ1n) is 0.428. The van der Waals surface area contributed by atoms with Crippen LogP contribution >= 0.6 is 0 Å². The Morgan fingerprint density at radius 3 is 1.60 bits per heavy atom. The summed E-state index contributed by atoms with van der Waals surface area (Å²) >= 11 is 3.70. The summed E-state index contributed by atoms with van der Waals surface area (Å²) in [5, 5.41) is 8.47. The van der Waals surface area contributed by atoms with Crippen molar-refractivity contribution < 1.29 is 73.8 Å². The van der Waals surface area contributed by atoms with E-state index in [0.717, 1.165) is 0 Å². The molecule has 0 amide bonds. The minimum atomic E-state index is 0. The maximum Gasteiger partial charge on any atom is 3.00 e. The molecule has 1 nitrogen and oxygen atoms in total. The molecule has 0 aliphatic heterocycles. The second kappa shape index (κ2) is 16.5. The zero-order valence-electron chi connectivity index (χ0n) is 2.66. The zero-order chi connectivity index (χ0) is 2.71. The molecule has 0 spiro atoms. The van der Waals surface area contributed by atoms with Gasteiger partial charge in [0, 0.05) is 0 Å². The van der Waals surface area contributed by atoms with E-state index in [1.807, 2.05) is 0 Å². The van der Waals surface area contributed by atoms with E-state index in [-0.39, 0.29) is 73.8 Å². The third-order valence-corrected chi connectivity index (χ3v) is 0. The van der Waals surface area contributed by atoms with Crippen molar-refractivity contribution >= 4 is 12.6 Å². The van der Waals surface area contributed by atoms with Crippen LogP contribution in [0.2, 0.25) is 0 Å². The van der Waals surface area contributed by atoms with Gasteiger partial charge in [0.15, 0.2) is 0 Å². The van der Waals surface area contributed by atoms with E-state index >= 15 is 0 Å². The Bertz CT molecular complexity index is 33.1. The molecule has 0 heterocycles. The van der Waals surface area contributed by atoms with Gasteiger partial charge in [0.2, 0.25) is 0 Å². The van der Waals surface area contributed by atoms with Crippen LogP contribution in [-0.2, 0) is 35.0 Å². The van der Waals surface area contributed by atoms with Gasteiger partial charge in [-0.1, -0.05) is 5.40 Å². The number of hydrogen-bond donors (Lipinski definition) is 0. The largest absolute Gasteiger partial charge is 3.00 e. The van der Waals surface area contributed by atoms with Crippen molar-refractivity contribution in [2.24, 2.45) is 0 Å². The first-order valence-corrected chi connectivity index (χ1v) is 0.836. The average Bonchev–Trinajstić information content (AvgIpc) is 0.918. The molecule has 5 heavy (non-hydrogen) atoms. The van der Waals surface area contributed by atoms with E-state index in [1.54, 1.807) is 0 Å². The molecule has 0 fully saturated rings. The van der Waals surface area contributed by atoms with E-state index < -0.39 is 0 Å². The van der Waals surface area contributed by atoms with Gasteiger partial charge in [-0.3, -0.25) is 0 Å². The molecule has 4 heteroatoms. The molecule has 0 aliphatic carbocycles. The van der Waals surface area contributed by atoms with Gasteiger partial charge >= 0.3 is 73.8 Å². The summed E-state index contributed by atoms with van der Waals surface area (Å²) in [6, 6.07) is 0. The van der Waals surface area contributed by atoms with Gasteiger partial charge in [0.1, 0.15) is 0 Å². The van der Waals surface area contributed by atoms with Gasteiger partial charge in [-0.15, -0.1) is 0 Å². The summed E-state index contributed by atoms with van der Waals surface area (Å²) in [5.41, 5.74) is 0. The summed E-state index contributed by atoms with van der Waals surface area (Å²) in [6.07, 6.45) is 0. The van der Waals surface area contributed by atoms with E-state index in [1.165, 1.54) is 5.40 Å². The van der Waals surface area contributed by atoms with Gasteiger partial charge in [-0.25, -0.2) is 5.26 Å². The predicted molar refractivity (Wildman–Crippen MR) is 13.0 cm³/mol. The predicted octanol–water partition coefficient (Wildman–Crippen LogP) is -2.98. The zero-order valence-corrected chi connectivity index (χ0v) is 8.76. The van der Waals surface area contributed by atoms with E-state index in [0.29, 0.717) is 0 Å². The van der Waals surface area contributed by atoms with E-state index in [2.05, 4.69) is 12.6 Å². The summed E-state index contributed by atoms with van der Waals surface area (Å²) in [7, 11) is 0. The maximum absolute atomic E-state index is 7.13. The standard InChI is InChI=1S/CHNS.Au.K/c2-1-3;;/h3H;;/q;+3;+1/p-1. The molecule has 0 rings (SSSR count). The molecule has 0 atom stereocenters. The van der Waals surface area contributed by atoms with Crippen molar-refractivity contribution in [3.05, 3.63) is 0 Å². The topological polar surface area (TPSA) is 23.8 Å². The quantitative estimate of drug-likeness (QED) is 0.270. The van der Waals surface area contributed by atoms with Gasteiger partial charge in [-0.05, 0) is 0 Å². The van der Waals surface area contributed by atoms with Crippen LogP contribution in [0.15, 0.2) is 0 Å². The van der Waals surface area contributed by atoms with Crippen LogP contribution in [0.1, 0.15) is 0 Å². The molecule has 0 aromatic heterocycles. The van der Waals surface area contributed by atoms with Crippen LogP contribution < -0.4 is 51.4 Å². The van der Waals surface area contributed by atoms with Crippen LogP contribution in [-0.4, -0.2) is 0 Å². The number of rotatable bonds is 0. The van der Waals surface area contributed by atoms with Gasteiger partial charge < -0.3 is 12.6 Å². The second-order valence-electron chi connectivity index (χ2n) is 0.0913. The van der Waals surface area contributed by atoms with Gasteiger partial charge in [-0.2, -0.15) is 0 Å². The third kappa shape index (κ3) is 23.3. The van der Waals surface area contributed by atoms with Crippen LogP contribution in [0.5, 0.6) is 0 Å². The molecule has 0 aliphatic rings. The smallest absolute Gasteiger partial charge is 0.696 e. The minimum Gasteiger partial charge on any atom is -0.696 e. The fraction of sp³-hybridized carbons (Fsp3) is 0. The fourth-order valence-electron chi connectivity index (χ4n) is 0. The van der Waals surface area contributed by atoms with Crippen LogP contribution in [0, 0.1) is 10.7 Å². The van der Waals surface area contributed by atoms with E-state index in [9.17, 15) is 0 Å². The van der Waals surface area contributed by atoms with Crippen LogP contribution in [0.3, 0.4) is 0 Å². The monoisotopic (exact) mass is 294 g/mol. The average molecular weight is 294 g/mol. The van der Waals surface area contributed by atoms with Crippen molar-refractivity contribution in [3.63, 3.8) is 0 Å². The normalized spacial score (nSPS) is 1.40. The third-order valence-electron chi connectivity index (χ3n) is 0. The van der Waals surface area contributed by atoms with Gasteiger partial charge in [0.25, 0.3) is 0 Å². The molecule has 0 aromatic carbocycles. The molecule has 0 unspecified atom stereocenters. The first kappa shape index (κ1) is 15.7. The Hall–Kier alpha value is 2.09. The number of thiocyanates is 1. The maximum atomic E-state index is 7.13. The van der Waals surface area contributed by atoms with Crippen molar-refractivity contribution in [2.75, 3.05) is 0 Å². The van der Waals surface area contributed by atoms with Crippen molar-refractivity contribution in [1.82, 2.24) is 0 Å². The Labute approximate surface area is 94.8 Å². The number of nitriles is 1.